The maximum Gasteiger partial charge on any atom is 0.256 e. The van der Waals surface area contributed by atoms with Crippen molar-refractivity contribution >= 4 is 11.6 Å². The Labute approximate surface area is 118 Å². The van der Waals surface area contributed by atoms with Gasteiger partial charge in [0.05, 0.1) is 23.9 Å². The van der Waals surface area contributed by atoms with Gasteiger partial charge in [-0.1, -0.05) is 6.07 Å². The molecule has 20 heavy (non-hydrogen) atoms. The third kappa shape index (κ3) is 2.93. The lowest BCUT2D eigenvalue weighted by Crippen LogP contribution is -2.45. The van der Waals surface area contributed by atoms with Crippen LogP contribution in [0.1, 0.15) is 36.5 Å². The molecule has 0 aliphatic carbocycles. The number of rotatable bonds is 4. The number of anilines is 1. The minimum Gasteiger partial charge on any atom is -0.394 e. The summed E-state index contributed by atoms with van der Waals surface area (Å²) in [5.41, 5.74) is 0.592. The number of hydrogen-bond donors (Lipinski definition) is 2. The number of carbonyl (C=O) groups excluding carboxylic acids is 1. The number of nitrogens with one attached hydrogen (secondary N) is 1. The summed E-state index contributed by atoms with van der Waals surface area (Å²) in [5, 5.41) is 12.3. The van der Waals surface area contributed by atoms with Crippen molar-refractivity contribution in [2.75, 3.05) is 25.0 Å². The standard InChI is InChI=1S/C15H21FN2O2/c1-2-17-14-12(7-5-8-13(14)16)15(20)18-9-4-3-6-11(18)10-19/h5,7-8,11,17,19H,2-4,6,9-10H2,1H3. The Balaban J connectivity index is 2.30. The monoisotopic (exact) mass is 280 g/mol. The Morgan fingerprint density at radius 3 is 3.00 bits per heavy atom. The number of carbonyl (C=O) groups is 1. The van der Waals surface area contributed by atoms with Gasteiger partial charge in [0.1, 0.15) is 5.82 Å². The van der Waals surface area contributed by atoms with Crippen molar-refractivity contribution in [3.05, 3.63) is 29.6 Å². The third-order valence-corrected chi connectivity index (χ3v) is 3.70. The van der Waals surface area contributed by atoms with Crippen molar-refractivity contribution in [1.29, 1.82) is 0 Å². The van der Waals surface area contributed by atoms with Crippen molar-refractivity contribution in [2.24, 2.45) is 0 Å². The summed E-state index contributed by atoms with van der Waals surface area (Å²) in [4.78, 5) is 14.3. The predicted molar refractivity (Wildman–Crippen MR) is 76.3 cm³/mol. The van der Waals surface area contributed by atoms with Crippen molar-refractivity contribution in [2.45, 2.75) is 32.2 Å². The fourth-order valence-corrected chi connectivity index (χ4v) is 2.67. The van der Waals surface area contributed by atoms with Crippen LogP contribution in [-0.2, 0) is 0 Å². The molecule has 1 saturated heterocycles. The van der Waals surface area contributed by atoms with E-state index in [0.29, 0.717) is 18.7 Å². The molecule has 1 aromatic rings. The molecule has 0 saturated carbocycles. The number of hydrogen-bond acceptors (Lipinski definition) is 3. The second-order valence-electron chi connectivity index (χ2n) is 5.02. The van der Waals surface area contributed by atoms with Crippen molar-refractivity contribution < 1.29 is 14.3 Å². The lowest BCUT2D eigenvalue weighted by molar-refractivity contribution is 0.0503. The Kier molecular flexibility index (Phi) is 4.95. The lowest BCUT2D eigenvalue weighted by Gasteiger charge is -2.35. The minimum absolute atomic E-state index is 0.0441. The van der Waals surface area contributed by atoms with Crippen LogP contribution in [0.5, 0.6) is 0 Å². The first kappa shape index (κ1) is 14.8. The Morgan fingerprint density at radius 1 is 1.50 bits per heavy atom. The molecule has 1 atom stereocenters. The normalized spacial score (nSPS) is 18.9. The van der Waals surface area contributed by atoms with E-state index in [9.17, 15) is 14.3 Å². The lowest BCUT2D eigenvalue weighted by atomic mass is 10.0. The first-order valence-corrected chi connectivity index (χ1v) is 7.13. The van der Waals surface area contributed by atoms with E-state index in [4.69, 9.17) is 0 Å². The van der Waals surface area contributed by atoms with Crippen molar-refractivity contribution in [3.63, 3.8) is 0 Å². The molecule has 4 nitrogen and oxygen atoms in total. The summed E-state index contributed by atoms with van der Waals surface area (Å²) in [7, 11) is 0. The molecule has 0 spiro atoms. The number of piperidine rings is 1. The Bertz CT molecular complexity index is 479. The number of aliphatic hydroxyl groups excluding tert-OH is 1. The van der Waals surface area contributed by atoms with Gasteiger partial charge in [-0.3, -0.25) is 4.79 Å². The van der Waals surface area contributed by atoms with E-state index < -0.39 is 5.82 Å². The number of nitrogens with zero attached hydrogens (tertiary/aromatic N) is 1. The van der Waals surface area contributed by atoms with Gasteiger partial charge in [-0.2, -0.15) is 0 Å². The molecule has 1 heterocycles. The van der Waals surface area contributed by atoms with Crippen LogP contribution in [0.4, 0.5) is 10.1 Å². The summed E-state index contributed by atoms with van der Waals surface area (Å²) < 4.78 is 13.9. The van der Waals surface area contributed by atoms with Gasteiger partial charge in [0.2, 0.25) is 0 Å². The van der Waals surface area contributed by atoms with E-state index in [1.807, 2.05) is 6.92 Å². The van der Waals surface area contributed by atoms with Crippen LogP contribution in [0.2, 0.25) is 0 Å². The average Bonchev–Trinajstić information content (AvgIpc) is 2.48. The second kappa shape index (κ2) is 6.70. The van der Waals surface area contributed by atoms with Gasteiger partial charge in [-0.15, -0.1) is 0 Å². The van der Waals surface area contributed by atoms with Crippen molar-refractivity contribution in [3.8, 4) is 0 Å². The summed E-state index contributed by atoms with van der Waals surface area (Å²) in [6.45, 7) is 2.98. The summed E-state index contributed by atoms with van der Waals surface area (Å²) >= 11 is 0. The molecule has 2 rings (SSSR count). The van der Waals surface area contributed by atoms with E-state index in [2.05, 4.69) is 5.32 Å². The third-order valence-electron chi connectivity index (χ3n) is 3.70. The zero-order valence-corrected chi connectivity index (χ0v) is 11.7. The zero-order chi connectivity index (χ0) is 14.5. The smallest absolute Gasteiger partial charge is 0.256 e. The minimum atomic E-state index is -0.421. The fourth-order valence-electron chi connectivity index (χ4n) is 2.67. The van der Waals surface area contributed by atoms with E-state index in [1.54, 1.807) is 17.0 Å². The first-order chi connectivity index (χ1) is 9.69. The fraction of sp³-hybridized carbons (Fsp3) is 0.533. The number of aliphatic hydroxyl groups is 1. The van der Waals surface area contributed by atoms with Gasteiger partial charge < -0.3 is 15.3 Å². The van der Waals surface area contributed by atoms with E-state index in [-0.39, 0.29) is 24.2 Å². The van der Waals surface area contributed by atoms with Crippen LogP contribution in [0.15, 0.2) is 18.2 Å². The molecule has 1 aliphatic rings. The Hall–Kier alpha value is -1.62. The highest BCUT2D eigenvalue weighted by atomic mass is 19.1. The quantitative estimate of drug-likeness (QED) is 0.889. The molecule has 0 aromatic heterocycles. The zero-order valence-electron chi connectivity index (χ0n) is 11.7. The van der Waals surface area contributed by atoms with E-state index in [0.717, 1.165) is 19.3 Å². The molecule has 1 aromatic carbocycles. The van der Waals surface area contributed by atoms with Gasteiger partial charge >= 0.3 is 0 Å². The maximum atomic E-state index is 13.9. The van der Waals surface area contributed by atoms with Crippen LogP contribution >= 0.6 is 0 Å². The van der Waals surface area contributed by atoms with Crippen LogP contribution in [0, 0.1) is 5.82 Å². The molecule has 1 fully saturated rings. The summed E-state index contributed by atoms with van der Waals surface area (Å²) in [5.74, 6) is -0.630. The van der Waals surface area contributed by atoms with Crippen molar-refractivity contribution in [1.82, 2.24) is 4.90 Å². The average molecular weight is 280 g/mol. The maximum absolute atomic E-state index is 13.9. The number of para-hydroxylation sites is 1. The van der Waals surface area contributed by atoms with Gasteiger partial charge in [-0.05, 0) is 38.3 Å². The molecule has 1 aliphatic heterocycles. The van der Waals surface area contributed by atoms with Crippen LogP contribution < -0.4 is 5.32 Å². The molecule has 2 N–H and O–H groups in total. The first-order valence-electron chi connectivity index (χ1n) is 7.13. The highest BCUT2D eigenvalue weighted by Gasteiger charge is 2.28. The van der Waals surface area contributed by atoms with Gasteiger partial charge in [0.25, 0.3) is 5.91 Å². The van der Waals surface area contributed by atoms with E-state index in [1.165, 1.54) is 6.07 Å². The highest BCUT2D eigenvalue weighted by Crippen LogP contribution is 2.25. The Morgan fingerprint density at radius 2 is 2.30 bits per heavy atom. The van der Waals surface area contributed by atoms with Crippen LogP contribution in [0.3, 0.4) is 0 Å². The summed E-state index contributed by atoms with van der Waals surface area (Å²) in [6.07, 6.45) is 2.74. The molecule has 5 heteroatoms. The number of benzene rings is 1. The second-order valence-corrected chi connectivity index (χ2v) is 5.02. The molecule has 0 bridgehead atoms. The van der Waals surface area contributed by atoms with Crippen LogP contribution in [0.25, 0.3) is 0 Å². The number of likely N-dealkylation sites (tertiary alicyclic amines) is 1. The predicted octanol–water partition coefficient (Wildman–Crippen LogP) is 2.24. The topological polar surface area (TPSA) is 52.6 Å². The molecule has 0 radical (unpaired) electrons. The van der Waals surface area contributed by atoms with E-state index >= 15 is 0 Å². The van der Waals surface area contributed by atoms with Gasteiger partial charge in [0, 0.05) is 13.1 Å². The molecule has 110 valence electrons. The summed E-state index contributed by atoms with van der Waals surface area (Å²) in [6, 6.07) is 4.36. The van der Waals surface area contributed by atoms with Gasteiger partial charge in [0.15, 0.2) is 0 Å². The molecular formula is C15H21FN2O2. The molecule has 1 amide bonds. The molecular weight excluding hydrogens is 259 g/mol. The SMILES string of the molecule is CCNc1c(F)cccc1C(=O)N1CCCCC1CO. The molecule has 1 unspecified atom stereocenters. The number of amides is 1. The highest BCUT2D eigenvalue weighted by molar-refractivity contribution is 6.00. The van der Waals surface area contributed by atoms with Gasteiger partial charge in [-0.25, -0.2) is 4.39 Å². The largest absolute Gasteiger partial charge is 0.394 e. The number of halogens is 1. The van der Waals surface area contributed by atoms with Crippen LogP contribution in [-0.4, -0.2) is 41.7 Å².